The minimum Gasteiger partial charge on any atom is -0.411 e. The quantitative estimate of drug-likeness (QED) is 0.129. The van der Waals surface area contributed by atoms with Crippen LogP contribution in [0.5, 0.6) is 0 Å². The van der Waals surface area contributed by atoms with E-state index in [4.69, 9.17) is 20.8 Å². The summed E-state index contributed by atoms with van der Waals surface area (Å²) in [5.74, 6) is 0.0213. The molecule has 1 amide bonds. The van der Waals surface area contributed by atoms with Gasteiger partial charge in [0.1, 0.15) is 12.5 Å². The van der Waals surface area contributed by atoms with Crippen molar-refractivity contribution in [2.75, 3.05) is 38.6 Å². The number of thiazole rings is 2. The number of hydrogen-bond acceptors (Lipinski definition) is 13. The van der Waals surface area contributed by atoms with Gasteiger partial charge in [-0.2, -0.15) is 10.5 Å². The van der Waals surface area contributed by atoms with E-state index in [1.807, 2.05) is 21.5 Å². The van der Waals surface area contributed by atoms with Crippen LogP contribution >= 0.6 is 34.3 Å². The summed E-state index contributed by atoms with van der Waals surface area (Å²) in [5, 5.41) is 26.4. The van der Waals surface area contributed by atoms with Crippen LogP contribution in [-0.4, -0.2) is 76.8 Å². The molecule has 0 saturated carbocycles. The smallest absolute Gasteiger partial charge is 0.256 e. The second-order valence-electron chi connectivity index (χ2n) is 14.5. The van der Waals surface area contributed by atoms with Crippen molar-refractivity contribution in [1.82, 2.24) is 29.3 Å². The molecule has 0 unspecified atom stereocenters. The summed E-state index contributed by atoms with van der Waals surface area (Å²) >= 11 is 8.74. The second-order valence-corrected chi connectivity index (χ2v) is 21.5. The molecular formula is C39H44ClFN10O3S2Si. The van der Waals surface area contributed by atoms with E-state index in [1.165, 1.54) is 34.8 Å². The van der Waals surface area contributed by atoms with Gasteiger partial charge in [-0.25, -0.2) is 24.3 Å². The lowest BCUT2D eigenvalue weighted by atomic mass is 10.1. The molecule has 6 rings (SSSR count). The largest absolute Gasteiger partial charge is 0.411 e. The fraction of sp³-hybridized carbons (Fsp3) is 0.359. The third-order valence-electron chi connectivity index (χ3n) is 9.42. The molecule has 0 bridgehead atoms. The lowest BCUT2D eigenvalue weighted by Crippen LogP contribution is -2.48. The van der Waals surface area contributed by atoms with Crippen molar-refractivity contribution in [3.05, 3.63) is 109 Å². The van der Waals surface area contributed by atoms with Crippen LogP contribution in [0, 0.1) is 28.5 Å². The Hall–Kier alpha value is -4.85. The molecule has 0 radical (unpaired) electrons. The maximum atomic E-state index is 14.2. The number of methoxy groups -OCH3 is 1. The maximum absolute atomic E-state index is 14.2. The molecule has 1 aliphatic rings. The summed E-state index contributed by atoms with van der Waals surface area (Å²) < 4.78 is 27.5. The Morgan fingerprint density at radius 2 is 1.75 bits per heavy atom. The molecule has 1 aliphatic heterocycles. The summed E-state index contributed by atoms with van der Waals surface area (Å²) in [6, 6.07) is 15.7. The molecule has 5 heterocycles. The van der Waals surface area contributed by atoms with Crippen molar-refractivity contribution in [3.63, 3.8) is 0 Å². The van der Waals surface area contributed by atoms with Crippen LogP contribution in [0.15, 0.2) is 70.6 Å². The highest BCUT2D eigenvalue weighted by Crippen LogP contribution is 2.37. The molecule has 0 atom stereocenters. The molecule has 57 heavy (non-hydrogen) atoms. The molecule has 1 saturated heterocycles. The number of ether oxygens (including phenoxy) is 1. The number of aromatic nitrogens is 4. The van der Waals surface area contributed by atoms with Gasteiger partial charge in [0.2, 0.25) is 0 Å². The van der Waals surface area contributed by atoms with E-state index >= 15 is 0 Å². The van der Waals surface area contributed by atoms with E-state index in [1.54, 1.807) is 48.5 Å². The minimum absolute atomic E-state index is 0.0118. The Labute approximate surface area is 345 Å². The number of nitriles is 2. The molecule has 1 fully saturated rings. The van der Waals surface area contributed by atoms with Gasteiger partial charge in [0.15, 0.2) is 29.9 Å². The number of rotatable bonds is 11. The zero-order chi connectivity index (χ0) is 41.2. The van der Waals surface area contributed by atoms with Gasteiger partial charge in [0.25, 0.3) is 5.91 Å². The number of nitrogens with one attached hydrogen (secondary N) is 1. The topological polar surface area (TPSA) is 158 Å². The van der Waals surface area contributed by atoms with Crippen LogP contribution in [0.25, 0.3) is 0 Å². The summed E-state index contributed by atoms with van der Waals surface area (Å²) in [4.78, 5) is 35.1. The fourth-order valence-corrected chi connectivity index (χ4v) is 7.71. The molecule has 5 aromatic rings. The van der Waals surface area contributed by atoms with Crippen LogP contribution in [0.4, 0.5) is 21.2 Å². The fourth-order valence-electron chi connectivity index (χ4n) is 5.33. The first-order chi connectivity index (χ1) is 27.2. The number of nitrogens with zero attached hydrogens (tertiary/aromatic N) is 9. The van der Waals surface area contributed by atoms with Gasteiger partial charge in [-0.15, -0.1) is 22.7 Å². The Kier molecular flexibility index (Phi) is 14.8. The van der Waals surface area contributed by atoms with Crippen molar-refractivity contribution < 1.29 is 18.3 Å². The first-order valence-electron chi connectivity index (χ1n) is 18.0. The van der Waals surface area contributed by atoms with E-state index in [0.29, 0.717) is 74.0 Å². The number of halogens is 2. The Morgan fingerprint density at radius 1 is 1.04 bits per heavy atom. The summed E-state index contributed by atoms with van der Waals surface area (Å²) in [6.45, 7) is 14.5. The number of piperazine rings is 1. The third-order valence-corrected chi connectivity index (χ3v) is 15.7. The third kappa shape index (κ3) is 11.8. The molecule has 0 aliphatic carbocycles. The molecule has 4 aromatic heterocycles. The van der Waals surface area contributed by atoms with E-state index < -0.39 is 14.1 Å². The molecule has 1 aromatic carbocycles. The van der Waals surface area contributed by atoms with Crippen molar-refractivity contribution in [2.45, 2.75) is 58.8 Å². The lowest BCUT2D eigenvalue weighted by Gasteiger charge is -2.36. The molecule has 13 nitrogen and oxygen atoms in total. The van der Waals surface area contributed by atoms with Crippen LogP contribution in [0.3, 0.4) is 0 Å². The molecule has 1 N–H and O–H groups in total. The highest BCUT2D eigenvalue weighted by Gasteiger charge is 2.37. The lowest BCUT2D eigenvalue weighted by molar-refractivity contribution is 0.0622. The highest BCUT2D eigenvalue weighted by molar-refractivity contribution is 7.13. The van der Waals surface area contributed by atoms with Gasteiger partial charge in [-0.1, -0.05) is 38.4 Å². The average Bonchev–Trinajstić information content (AvgIpc) is 3.87. The Balaban J connectivity index is 0.000000221. The Bertz CT molecular complexity index is 2310. The maximum Gasteiger partial charge on any atom is 0.256 e. The molecule has 18 heteroatoms. The number of anilines is 2. The summed E-state index contributed by atoms with van der Waals surface area (Å²) in [7, 11) is -0.250. The zero-order valence-electron chi connectivity index (χ0n) is 32.6. The van der Waals surface area contributed by atoms with Gasteiger partial charge < -0.3 is 19.4 Å². The number of hydrogen-bond donors (Lipinski definition) is 1. The number of carbonyl (C=O) groups is 1. The van der Waals surface area contributed by atoms with Gasteiger partial charge in [-0.05, 0) is 48.5 Å². The van der Waals surface area contributed by atoms with Gasteiger partial charge in [-0.3, -0.25) is 14.3 Å². The molecular weight excluding hydrogens is 803 g/mol. The van der Waals surface area contributed by atoms with Crippen LogP contribution < -0.4 is 10.1 Å². The normalized spacial score (nSPS) is 13.7. The molecule has 298 valence electrons. The highest BCUT2D eigenvalue weighted by atomic mass is 35.5. The monoisotopic (exact) mass is 846 g/mol. The van der Waals surface area contributed by atoms with Gasteiger partial charge in [0.05, 0.1) is 51.8 Å². The van der Waals surface area contributed by atoms with Crippen molar-refractivity contribution in [1.29, 1.82) is 10.5 Å². The van der Waals surface area contributed by atoms with E-state index in [9.17, 15) is 19.7 Å². The van der Waals surface area contributed by atoms with Crippen LogP contribution in [-0.2, 0) is 29.0 Å². The van der Waals surface area contributed by atoms with Crippen molar-refractivity contribution in [2.24, 2.45) is 4.99 Å². The molecule has 0 spiro atoms. The Morgan fingerprint density at radius 3 is 2.42 bits per heavy atom. The average molecular weight is 848 g/mol. The van der Waals surface area contributed by atoms with E-state index in [2.05, 4.69) is 76.2 Å². The van der Waals surface area contributed by atoms with E-state index in [0.717, 1.165) is 16.2 Å². The standard InChI is InChI=1S/C21H18ClFN6OS.C18H26N4O2SSi/c22-17-3-1-2-16(19(17)23)20(30)29-7-5-28(6-8-29)13-15-10-14(12-24)11-18(26-15)27-21-25-4-9-31-21;1-18(2,3)26(5,6)24-12-15-9-14(11-19)10-16(20-15)21-17-22(13-23-4)7-8-25-17/h1-4,9-11H,5-8,13H2,(H,25,26,27);7-10H,12-13H2,1-6H3. The zero-order valence-corrected chi connectivity index (χ0v) is 36.0. The predicted molar refractivity (Wildman–Crippen MR) is 222 cm³/mol. The first kappa shape index (κ1) is 43.3. The van der Waals surface area contributed by atoms with Crippen LogP contribution in [0.2, 0.25) is 23.2 Å². The van der Waals surface area contributed by atoms with Crippen molar-refractivity contribution in [3.8, 4) is 12.1 Å². The van der Waals surface area contributed by atoms with Crippen molar-refractivity contribution >= 4 is 65.3 Å². The number of pyridine rings is 2. The first-order valence-corrected chi connectivity index (χ1v) is 23.0. The summed E-state index contributed by atoms with van der Waals surface area (Å²) in [5.41, 5.74) is 2.50. The van der Waals surface area contributed by atoms with Gasteiger partial charge in [0, 0.05) is 69.1 Å². The minimum atomic E-state index is -1.89. The predicted octanol–water partition coefficient (Wildman–Crippen LogP) is 8.08. The van der Waals surface area contributed by atoms with Gasteiger partial charge >= 0.3 is 0 Å². The van der Waals surface area contributed by atoms with E-state index in [-0.39, 0.29) is 21.5 Å². The number of carbonyl (C=O) groups excluding carboxylic acids is 1. The van der Waals surface area contributed by atoms with Crippen LogP contribution in [0.1, 0.15) is 53.6 Å². The SMILES string of the molecule is COCn1ccsc1=Nc1cc(C#N)cc(CO[Si](C)(C)C(C)(C)C)n1.N#Cc1cc(CN2CCN(C(=O)c3cccc(Cl)c3F)CC2)nc(Nc2nccs2)c1. The summed E-state index contributed by atoms with van der Waals surface area (Å²) in [6.07, 6.45) is 3.60. The number of amides is 1. The second kappa shape index (κ2) is 19.5. The number of benzene rings is 1.